The van der Waals surface area contributed by atoms with Crippen molar-refractivity contribution in [3.05, 3.63) is 47.9 Å². The van der Waals surface area contributed by atoms with Crippen LogP contribution >= 0.6 is 23.1 Å². The molecule has 0 radical (unpaired) electrons. The third kappa shape index (κ3) is 2.43. The first-order valence-electron chi connectivity index (χ1n) is 5.18. The number of hydrogen-bond donors (Lipinski definition) is 0. The highest BCUT2D eigenvalue weighted by molar-refractivity contribution is 8.01. The van der Waals surface area contributed by atoms with Crippen LogP contribution in [0.15, 0.2) is 39.7 Å². The van der Waals surface area contributed by atoms with Crippen LogP contribution in [0.25, 0.3) is 10.2 Å². The van der Waals surface area contributed by atoms with Gasteiger partial charge in [-0.1, -0.05) is 12.1 Å². The first-order valence-corrected chi connectivity index (χ1v) is 6.82. The molecule has 0 aliphatic heterocycles. The predicted molar refractivity (Wildman–Crippen MR) is 67.9 cm³/mol. The number of halogens is 3. The standard InChI is InChI=1S/C12H5F3N2S2/c13-6-5-7(14)11(17-10(6)15)19-12-16-8-3-1-2-4-9(8)18-12/h1-5H. The molecule has 0 fully saturated rings. The molecule has 0 unspecified atom stereocenters. The van der Waals surface area contributed by atoms with Gasteiger partial charge in [0.15, 0.2) is 16.0 Å². The molecule has 0 atom stereocenters. The van der Waals surface area contributed by atoms with Crippen LogP contribution in [0, 0.1) is 17.6 Å². The first kappa shape index (κ1) is 12.4. The first-order chi connectivity index (χ1) is 9.13. The van der Waals surface area contributed by atoms with Gasteiger partial charge in [0.1, 0.15) is 5.03 Å². The van der Waals surface area contributed by atoms with Crippen molar-refractivity contribution in [3.63, 3.8) is 0 Å². The van der Waals surface area contributed by atoms with Gasteiger partial charge < -0.3 is 0 Å². The van der Waals surface area contributed by atoms with E-state index in [1.54, 1.807) is 0 Å². The van der Waals surface area contributed by atoms with Crippen molar-refractivity contribution < 1.29 is 13.2 Å². The fourth-order valence-corrected chi connectivity index (χ4v) is 3.44. The Kier molecular flexibility index (Phi) is 3.16. The number of aromatic nitrogens is 2. The predicted octanol–water partition coefficient (Wildman–Crippen LogP) is 4.26. The van der Waals surface area contributed by atoms with Crippen LogP contribution in [0.5, 0.6) is 0 Å². The molecule has 3 rings (SSSR count). The molecule has 7 heteroatoms. The maximum absolute atomic E-state index is 13.5. The van der Waals surface area contributed by atoms with Crippen molar-refractivity contribution in [3.8, 4) is 0 Å². The quantitative estimate of drug-likeness (QED) is 0.661. The second-order valence-corrected chi connectivity index (χ2v) is 5.86. The van der Waals surface area contributed by atoms with E-state index in [1.807, 2.05) is 24.3 Å². The Morgan fingerprint density at radius 3 is 2.58 bits per heavy atom. The molecule has 96 valence electrons. The summed E-state index contributed by atoms with van der Waals surface area (Å²) in [5.41, 5.74) is 0.776. The van der Waals surface area contributed by atoms with E-state index in [-0.39, 0.29) is 5.03 Å². The van der Waals surface area contributed by atoms with E-state index in [2.05, 4.69) is 9.97 Å². The second kappa shape index (κ2) is 4.82. The third-order valence-corrected chi connectivity index (χ3v) is 4.39. The van der Waals surface area contributed by atoms with Crippen molar-refractivity contribution in [1.82, 2.24) is 9.97 Å². The molecule has 0 saturated heterocycles. The Morgan fingerprint density at radius 2 is 1.79 bits per heavy atom. The summed E-state index contributed by atoms with van der Waals surface area (Å²) in [5, 5.41) is -0.224. The van der Waals surface area contributed by atoms with Crippen LogP contribution < -0.4 is 0 Å². The molecule has 0 spiro atoms. The number of nitrogens with zero attached hydrogens (tertiary/aromatic N) is 2. The summed E-state index contributed by atoms with van der Waals surface area (Å²) in [4.78, 5) is 7.51. The van der Waals surface area contributed by atoms with E-state index >= 15 is 0 Å². The van der Waals surface area contributed by atoms with Crippen LogP contribution in [-0.2, 0) is 0 Å². The van der Waals surface area contributed by atoms with E-state index in [0.717, 1.165) is 22.0 Å². The van der Waals surface area contributed by atoms with Crippen molar-refractivity contribution in [2.45, 2.75) is 9.37 Å². The number of thiazole rings is 1. The minimum Gasteiger partial charge on any atom is -0.229 e. The molecule has 3 aromatic rings. The number of benzene rings is 1. The normalized spacial score (nSPS) is 11.1. The van der Waals surface area contributed by atoms with E-state index in [9.17, 15) is 13.2 Å². The fraction of sp³-hybridized carbons (Fsp3) is 0. The molecule has 0 amide bonds. The molecule has 0 saturated carbocycles. The van der Waals surface area contributed by atoms with Crippen LogP contribution in [0.4, 0.5) is 13.2 Å². The van der Waals surface area contributed by atoms with E-state index in [1.165, 1.54) is 11.3 Å². The number of rotatable bonds is 2. The fourth-order valence-electron chi connectivity index (χ4n) is 1.48. The van der Waals surface area contributed by atoms with Gasteiger partial charge in [0.05, 0.1) is 10.2 Å². The Labute approximate surface area is 114 Å². The monoisotopic (exact) mass is 298 g/mol. The van der Waals surface area contributed by atoms with Gasteiger partial charge in [0, 0.05) is 6.07 Å². The number of hydrogen-bond acceptors (Lipinski definition) is 4. The zero-order valence-corrected chi connectivity index (χ0v) is 10.9. The van der Waals surface area contributed by atoms with Crippen molar-refractivity contribution >= 4 is 33.3 Å². The molecule has 0 aliphatic carbocycles. The van der Waals surface area contributed by atoms with Crippen LogP contribution in [-0.4, -0.2) is 9.97 Å². The van der Waals surface area contributed by atoms with Crippen molar-refractivity contribution in [1.29, 1.82) is 0 Å². The smallest absolute Gasteiger partial charge is 0.229 e. The largest absolute Gasteiger partial charge is 0.250 e. The van der Waals surface area contributed by atoms with E-state index in [4.69, 9.17) is 0 Å². The molecular weight excluding hydrogens is 293 g/mol. The molecule has 2 nitrogen and oxygen atoms in total. The Balaban J connectivity index is 1.98. The summed E-state index contributed by atoms with van der Waals surface area (Å²) >= 11 is 2.22. The van der Waals surface area contributed by atoms with E-state index < -0.39 is 17.6 Å². The van der Waals surface area contributed by atoms with Gasteiger partial charge in [0.25, 0.3) is 0 Å². The van der Waals surface area contributed by atoms with Crippen LogP contribution in [0.3, 0.4) is 0 Å². The maximum Gasteiger partial charge on any atom is 0.250 e. The Hall–Kier alpha value is -1.60. The minimum atomic E-state index is -1.31. The van der Waals surface area contributed by atoms with Gasteiger partial charge in [-0.25, -0.2) is 18.7 Å². The average molecular weight is 298 g/mol. The summed E-state index contributed by atoms with van der Waals surface area (Å²) in [6.07, 6.45) is 0. The minimum absolute atomic E-state index is 0.224. The van der Waals surface area contributed by atoms with Gasteiger partial charge in [-0.15, -0.1) is 11.3 Å². The van der Waals surface area contributed by atoms with Crippen molar-refractivity contribution in [2.24, 2.45) is 0 Å². The second-order valence-electron chi connectivity index (χ2n) is 3.60. The highest BCUT2D eigenvalue weighted by atomic mass is 32.2. The molecular formula is C12H5F3N2S2. The van der Waals surface area contributed by atoms with Gasteiger partial charge in [-0.2, -0.15) is 4.39 Å². The molecule has 0 N–H and O–H groups in total. The zero-order valence-electron chi connectivity index (χ0n) is 9.23. The molecule has 19 heavy (non-hydrogen) atoms. The van der Waals surface area contributed by atoms with Crippen molar-refractivity contribution in [2.75, 3.05) is 0 Å². The lowest BCUT2D eigenvalue weighted by atomic mass is 10.3. The Bertz CT molecular complexity index is 725. The third-order valence-electron chi connectivity index (χ3n) is 2.31. The summed E-state index contributed by atoms with van der Waals surface area (Å²) in [5.74, 6) is -3.51. The lowest BCUT2D eigenvalue weighted by Crippen LogP contribution is -1.95. The number of para-hydroxylation sites is 1. The maximum atomic E-state index is 13.5. The summed E-state index contributed by atoms with van der Waals surface area (Å²) in [6.45, 7) is 0. The van der Waals surface area contributed by atoms with Crippen LogP contribution in [0.2, 0.25) is 0 Å². The molecule has 2 aromatic heterocycles. The molecule has 1 aromatic carbocycles. The lowest BCUT2D eigenvalue weighted by molar-refractivity contribution is 0.448. The molecule has 2 heterocycles. The zero-order chi connectivity index (χ0) is 13.4. The van der Waals surface area contributed by atoms with Gasteiger partial charge in [0.2, 0.25) is 5.95 Å². The highest BCUT2D eigenvalue weighted by Crippen LogP contribution is 2.34. The number of fused-ring (bicyclic) bond motifs is 1. The van der Waals surface area contributed by atoms with Gasteiger partial charge >= 0.3 is 0 Å². The summed E-state index contributed by atoms with van der Waals surface area (Å²) < 4.78 is 40.7. The Morgan fingerprint density at radius 1 is 1.00 bits per heavy atom. The summed E-state index contributed by atoms with van der Waals surface area (Å²) in [7, 11) is 0. The van der Waals surface area contributed by atoms with Gasteiger partial charge in [-0.3, -0.25) is 0 Å². The molecule has 0 aliphatic rings. The lowest BCUT2D eigenvalue weighted by Gasteiger charge is -1.99. The van der Waals surface area contributed by atoms with E-state index in [0.29, 0.717) is 10.4 Å². The highest BCUT2D eigenvalue weighted by Gasteiger charge is 2.14. The van der Waals surface area contributed by atoms with Crippen LogP contribution in [0.1, 0.15) is 0 Å². The topological polar surface area (TPSA) is 25.8 Å². The molecule has 0 bridgehead atoms. The summed E-state index contributed by atoms with van der Waals surface area (Å²) in [6, 6.07) is 7.90. The van der Waals surface area contributed by atoms with Gasteiger partial charge in [-0.05, 0) is 23.9 Å². The average Bonchev–Trinajstić information content (AvgIpc) is 2.78. The number of pyridine rings is 1. The SMILES string of the molecule is Fc1cc(F)c(Sc2nc3ccccc3s2)nc1F.